The monoisotopic (exact) mass is 493 g/mol. The lowest BCUT2D eigenvalue weighted by atomic mass is 10.1. The third kappa shape index (κ3) is 6.38. The third-order valence-corrected chi connectivity index (χ3v) is 5.61. The number of ether oxygens (including phenoxy) is 2. The average Bonchev–Trinajstić information content (AvgIpc) is 2.72. The Morgan fingerprint density at radius 1 is 0.966 bits per heavy atom. The standard InChI is InChI=1S/C23H22BrCl2NO2/c1-28-22-12-17(14-27-10-9-18-7-8-19(25)13-21(18)26)11-20(24)23(22)29-15-16-5-3-2-4-6-16/h2-8,11-13,27H,9-10,14-15H2,1H3. The average molecular weight is 495 g/mol. The molecule has 3 aromatic rings. The van der Waals surface area contributed by atoms with E-state index in [9.17, 15) is 0 Å². The Morgan fingerprint density at radius 2 is 1.76 bits per heavy atom. The molecule has 0 unspecified atom stereocenters. The summed E-state index contributed by atoms with van der Waals surface area (Å²) < 4.78 is 12.4. The molecule has 6 heteroatoms. The molecule has 0 aliphatic heterocycles. The van der Waals surface area contributed by atoms with Crippen LogP contribution in [0.3, 0.4) is 0 Å². The fourth-order valence-corrected chi connectivity index (χ4v) is 4.03. The minimum Gasteiger partial charge on any atom is -0.493 e. The van der Waals surface area contributed by atoms with E-state index in [1.54, 1.807) is 13.2 Å². The van der Waals surface area contributed by atoms with Crippen molar-refractivity contribution in [1.29, 1.82) is 0 Å². The second-order valence-electron chi connectivity index (χ2n) is 6.55. The number of hydrogen-bond acceptors (Lipinski definition) is 3. The maximum Gasteiger partial charge on any atom is 0.175 e. The van der Waals surface area contributed by atoms with Crippen molar-refractivity contribution in [3.05, 3.63) is 91.9 Å². The van der Waals surface area contributed by atoms with Crippen molar-refractivity contribution in [2.24, 2.45) is 0 Å². The SMILES string of the molecule is COc1cc(CNCCc2ccc(Cl)cc2Cl)cc(Br)c1OCc1ccccc1. The molecule has 29 heavy (non-hydrogen) atoms. The molecule has 0 radical (unpaired) electrons. The number of rotatable bonds is 9. The van der Waals surface area contributed by atoms with Crippen LogP contribution in [0.1, 0.15) is 16.7 Å². The van der Waals surface area contributed by atoms with Gasteiger partial charge in [-0.25, -0.2) is 0 Å². The summed E-state index contributed by atoms with van der Waals surface area (Å²) >= 11 is 15.8. The largest absolute Gasteiger partial charge is 0.493 e. The molecule has 0 aromatic heterocycles. The molecule has 3 aromatic carbocycles. The Bertz CT molecular complexity index is 951. The van der Waals surface area contributed by atoms with Crippen LogP contribution in [0.4, 0.5) is 0 Å². The summed E-state index contributed by atoms with van der Waals surface area (Å²) in [5.74, 6) is 1.40. The van der Waals surface area contributed by atoms with Crippen LogP contribution < -0.4 is 14.8 Å². The number of benzene rings is 3. The number of hydrogen-bond donors (Lipinski definition) is 1. The van der Waals surface area contributed by atoms with Crippen molar-refractivity contribution in [3.8, 4) is 11.5 Å². The van der Waals surface area contributed by atoms with E-state index < -0.39 is 0 Å². The zero-order valence-corrected chi connectivity index (χ0v) is 19.2. The summed E-state index contributed by atoms with van der Waals surface area (Å²) in [7, 11) is 1.65. The van der Waals surface area contributed by atoms with Gasteiger partial charge in [0, 0.05) is 16.6 Å². The first-order valence-electron chi connectivity index (χ1n) is 9.24. The second-order valence-corrected chi connectivity index (χ2v) is 8.24. The first kappa shape index (κ1) is 22.0. The van der Waals surface area contributed by atoms with Gasteiger partial charge in [0.15, 0.2) is 11.5 Å². The van der Waals surface area contributed by atoms with Crippen LogP contribution in [-0.4, -0.2) is 13.7 Å². The van der Waals surface area contributed by atoms with E-state index >= 15 is 0 Å². The van der Waals surface area contributed by atoms with Crippen LogP contribution in [0.25, 0.3) is 0 Å². The minimum absolute atomic E-state index is 0.481. The van der Waals surface area contributed by atoms with E-state index in [1.165, 1.54) is 0 Å². The maximum atomic E-state index is 6.23. The summed E-state index contributed by atoms with van der Waals surface area (Å²) in [4.78, 5) is 0. The van der Waals surface area contributed by atoms with Gasteiger partial charge in [0.05, 0.1) is 11.6 Å². The van der Waals surface area contributed by atoms with E-state index in [0.717, 1.165) is 34.1 Å². The van der Waals surface area contributed by atoms with Gasteiger partial charge in [0.2, 0.25) is 0 Å². The molecular weight excluding hydrogens is 473 g/mol. The second kappa shape index (κ2) is 10.9. The van der Waals surface area contributed by atoms with E-state index in [4.69, 9.17) is 32.7 Å². The molecule has 3 rings (SSSR count). The van der Waals surface area contributed by atoms with E-state index in [2.05, 4.69) is 21.2 Å². The van der Waals surface area contributed by atoms with Crippen LogP contribution in [-0.2, 0) is 19.6 Å². The summed E-state index contributed by atoms with van der Waals surface area (Å²) in [6.07, 6.45) is 0.826. The minimum atomic E-state index is 0.481. The number of nitrogens with one attached hydrogen (secondary N) is 1. The molecule has 0 aliphatic rings. The van der Waals surface area contributed by atoms with Crippen LogP contribution in [0, 0.1) is 0 Å². The van der Waals surface area contributed by atoms with Crippen molar-refractivity contribution < 1.29 is 9.47 Å². The van der Waals surface area contributed by atoms with Crippen LogP contribution in [0.2, 0.25) is 10.0 Å². The van der Waals surface area contributed by atoms with Crippen molar-refractivity contribution in [1.82, 2.24) is 5.32 Å². The fraction of sp³-hybridized carbons (Fsp3) is 0.217. The van der Waals surface area contributed by atoms with Gasteiger partial charge < -0.3 is 14.8 Å². The first-order valence-corrected chi connectivity index (χ1v) is 10.8. The van der Waals surface area contributed by atoms with Gasteiger partial charge in [-0.2, -0.15) is 0 Å². The zero-order chi connectivity index (χ0) is 20.6. The summed E-state index contributed by atoms with van der Waals surface area (Å²) in [5.41, 5.74) is 3.28. The van der Waals surface area contributed by atoms with Crippen molar-refractivity contribution in [3.63, 3.8) is 0 Å². The lowest BCUT2D eigenvalue weighted by Crippen LogP contribution is -2.17. The normalized spacial score (nSPS) is 10.8. The summed E-state index contributed by atoms with van der Waals surface area (Å²) in [6, 6.07) is 19.7. The zero-order valence-electron chi connectivity index (χ0n) is 16.1. The van der Waals surface area contributed by atoms with Gasteiger partial charge in [-0.3, -0.25) is 0 Å². The smallest absolute Gasteiger partial charge is 0.175 e. The lowest BCUT2D eigenvalue weighted by molar-refractivity contribution is 0.282. The summed E-state index contributed by atoms with van der Waals surface area (Å²) in [6.45, 7) is 1.99. The number of methoxy groups -OCH3 is 1. The maximum absolute atomic E-state index is 6.23. The van der Waals surface area contributed by atoms with Gasteiger partial charge in [-0.05, 0) is 69.9 Å². The van der Waals surface area contributed by atoms with Crippen molar-refractivity contribution >= 4 is 39.1 Å². The Labute approximate surface area is 190 Å². The van der Waals surface area contributed by atoms with Crippen LogP contribution in [0.5, 0.6) is 11.5 Å². The third-order valence-electron chi connectivity index (χ3n) is 4.43. The summed E-state index contributed by atoms with van der Waals surface area (Å²) in [5, 5.41) is 4.79. The highest BCUT2D eigenvalue weighted by Crippen LogP contribution is 2.37. The molecule has 0 atom stereocenters. The van der Waals surface area contributed by atoms with Gasteiger partial charge in [0.25, 0.3) is 0 Å². The van der Waals surface area contributed by atoms with Gasteiger partial charge in [0.1, 0.15) is 6.61 Å². The van der Waals surface area contributed by atoms with Crippen molar-refractivity contribution in [2.75, 3.05) is 13.7 Å². The Balaban J connectivity index is 1.58. The fourth-order valence-electron chi connectivity index (χ4n) is 2.93. The van der Waals surface area contributed by atoms with Crippen LogP contribution in [0.15, 0.2) is 65.1 Å². The molecule has 0 saturated heterocycles. The lowest BCUT2D eigenvalue weighted by Gasteiger charge is -2.15. The molecule has 152 valence electrons. The predicted molar refractivity (Wildman–Crippen MR) is 123 cm³/mol. The van der Waals surface area contributed by atoms with E-state index in [0.29, 0.717) is 34.7 Å². The van der Waals surface area contributed by atoms with Gasteiger partial charge in [-0.15, -0.1) is 0 Å². The van der Waals surface area contributed by atoms with E-state index in [-0.39, 0.29) is 0 Å². The molecule has 1 N–H and O–H groups in total. The van der Waals surface area contributed by atoms with Crippen LogP contribution >= 0.6 is 39.1 Å². The van der Waals surface area contributed by atoms with Gasteiger partial charge >= 0.3 is 0 Å². The highest BCUT2D eigenvalue weighted by molar-refractivity contribution is 9.10. The Hall–Kier alpha value is -1.72. The highest BCUT2D eigenvalue weighted by atomic mass is 79.9. The number of halogens is 3. The predicted octanol–water partition coefficient (Wildman–Crippen LogP) is 6.68. The molecule has 0 heterocycles. The Kier molecular flexibility index (Phi) is 8.25. The Morgan fingerprint density at radius 3 is 2.48 bits per heavy atom. The molecule has 0 amide bonds. The molecular formula is C23H22BrCl2NO2. The van der Waals surface area contributed by atoms with Crippen molar-refractivity contribution in [2.45, 2.75) is 19.6 Å². The molecule has 0 saturated carbocycles. The molecule has 3 nitrogen and oxygen atoms in total. The topological polar surface area (TPSA) is 30.5 Å². The molecule has 0 fully saturated rings. The molecule has 0 bridgehead atoms. The molecule has 0 aliphatic carbocycles. The van der Waals surface area contributed by atoms with Gasteiger partial charge in [-0.1, -0.05) is 59.6 Å². The first-order chi connectivity index (χ1) is 14.1. The molecule has 0 spiro atoms. The quantitative estimate of drug-likeness (QED) is 0.336. The van der Waals surface area contributed by atoms with E-state index in [1.807, 2.05) is 54.6 Å². The highest BCUT2D eigenvalue weighted by Gasteiger charge is 2.12.